The Balaban J connectivity index is 2.17. The molecule has 1 aromatic rings. The van der Waals surface area contributed by atoms with Crippen LogP contribution in [0.2, 0.25) is 0 Å². The number of ether oxygens (including phenoxy) is 1. The second-order valence-corrected chi connectivity index (χ2v) is 4.92. The molecule has 2 unspecified atom stereocenters. The summed E-state index contributed by atoms with van der Waals surface area (Å²) < 4.78 is 7.89. The van der Waals surface area contributed by atoms with Crippen molar-refractivity contribution in [1.29, 1.82) is 0 Å². The van der Waals surface area contributed by atoms with E-state index in [1.807, 2.05) is 12.5 Å². The highest BCUT2D eigenvalue weighted by Crippen LogP contribution is 2.31. The maximum Gasteiger partial charge on any atom is 0.100 e. The maximum atomic E-state index is 6.15. The van der Waals surface area contributed by atoms with Crippen LogP contribution < -0.4 is 0 Å². The van der Waals surface area contributed by atoms with Crippen LogP contribution in [0.1, 0.15) is 44.5 Å². The number of hydrogen-bond acceptors (Lipinski definition) is 2. The molecule has 0 saturated carbocycles. The zero-order valence-corrected chi connectivity index (χ0v) is 9.94. The molecular formula is C11H17ClN2O. The van der Waals surface area contributed by atoms with E-state index in [-0.39, 0.29) is 11.5 Å². The van der Waals surface area contributed by atoms with Gasteiger partial charge in [0.2, 0.25) is 0 Å². The number of rotatable bonds is 2. The minimum Gasteiger partial charge on any atom is -0.372 e. The van der Waals surface area contributed by atoms with Gasteiger partial charge in [-0.3, -0.25) is 0 Å². The summed E-state index contributed by atoms with van der Waals surface area (Å²) in [6, 6.07) is 0.418. The molecule has 0 aliphatic carbocycles. The standard InChI is InChI=1S/C11H17ClN2O/c1-8(2)14-7-13-6-10(14)11-5-9(12)3-4-15-11/h6-9,11H,3-5H2,1-2H3. The van der Waals surface area contributed by atoms with Gasteiger partial charge < -0.3 is 9.30 Å². The van der Waals surface area contributed by atoms with Crippen molar-refractivity contribution in [3.63, 3.8) is 0 Å². The molecule has 0 amide bonds. The molecule has 0 spiro atoms. The average Bonchev–Trinajstić information content (AvgIpc) is 2.65. The molecule has 2 rings (SSSR count). The van der Waals surface area contributed by atoms with Gasteiger partial charge in [0.15, 0.2) is 0 Å². The molecule has 1 aromatic heterocycles. The van der Waals surface area contributed by atoms with Gasteiger partial charge in [-0.1, -0.05) is 0 Å². The van der Waals surface area contributed by atoms with Crippen LogP contribution in [0.15, 0.2) is 12.5 Å². The Morgan fingerprint density at radius 3 is 3.07 bits per heavy atom. The van der Waals surface area contributed by atoms with Crippen LogP contribution in [0.5, 0.6) is 0 Å². The largest absolute Gasteiger partial charge is 0.372 e. The lowest BCUT2D eigenvalue weighted by Gasteiger charge is -2.27. The van der Waals surface area contributed by atoms with E-state index in [2.05, 4.69) is 23.4 Å². The van der Waals surface area contributed by atoms with Crippen molar-refractivity contribution in [3.8, 4) is 0 Å². The lowest BCUT2D eigenvalue weighted by atomic mass is 10.1. The highest BCUT2D eigenvalue weighted by molar-refractivity contribution is 6.20. The number of nitrogens with zero attached hydrogens (tertiary/aromatic N) is 2. The van der Waals surface area contributed by atoms with E-state index in [0.717, 1.165) is 25.1 Å². The Bertz CT molecular complexity index is 324. The molecule has 1 fully saturated rings. The van der Waals surface area contributed by atoms with Crippen molar-refractivity contribution in [2.45, 2.75) is 44.2 Å². The SMILES string of the molecule is CC(C)n1cncc1C1CC(Cl)CCO1. The van der Waals surface area contributed by atoms with E-state index in [0.29, 0.717) is 6.04 Å². The number of alkyl halides is 1. The molecule has 84 valence electrons. The third-order valence-corrected chi connectivity index (χ3v) is 3.20. The first-order valence-corrected chi connectivity index (χ1v) is 5.89. The Labute approximate surface area is 95.4 Å². The first-order valence-electron chi connectivity index (χ1n) is 5.46. The molecule has 4 heteroatoms. The smallest absolute Gasteiger partial charge is 0.100 e. The lowest BCUT2D eigenvalue weighted by Crippen LogP contribution is -2.22. The quantitative estimate of drug-likeness (QED) is 0.728. The van der Waals surface area contributed by atoms with Crippen molar-refractivity contribution >= 4 is 11.6 Å². The minimum atomic E-state index is 0.117. The third kappa shape index (κ3) is 2.34. The second kappa shape index (κ2) is 4.54. The fourth-order valence-corrected chi connectivity index (χ4v) is 2.21. The second-order valence-electron chi connectivity index (χ2n) is 4.30. The Hall–Kier alpha value is -0.540. The van der Waals surface area contributed by atoms with E-state index < -0.39 is 0 Å². The average molecular weight is 229 g/mol. The molecule has 0 N–H and O–H groups in total. The maximum absolute atomic E-state index is 6.15. The van der Waals surface area contributed by atoms with E-state index in [4.69, 9.17) is 16.3 Å². The van der Waals surface area contributed by atoms with Gasteiger partial charge in [-0.15, -0.1) is 11.6 Å². The van der Waals surface area contributed by atoms with Gasteiger partial charge in [0.1, 0.15) is 6.10 Å². The van der Waals surface area contributed by atoms with Crippen LogP contribution in [0, 0.1) is 0 Å². The van der Waals surface area contributed by atoms with E-state index in [1.54, 1.807) is 0 Å². The topological polar surface area (TPSA) is 27.1 Å². The zero-order chi connectivity index (χ0) is 10.8. The van der Waals surface area contributed by atoms with Crippen molar-refractivity contribution in [2.24, 2.45) is 0 Å². The predicted molar refractivity (Wildman–Crippen MR) is 60.2 cm³/mol. The van der Waals surface area contributed by atoms with Crippen LogP contribution in [0.3, 0.4) is 0 Å². The van der Waals surface area contributed by atoms with Crippen molar-refractivity contribution in [2.75, 3.05) is 6.61 Å². The van der Waals surface area contributed by atoms with E-state index >= 15 is 0 Å². The van der Waals surface area contributed by atoms with Crippen LogP contribution in [-0.4, -0.2) is 21.5 Å². The molecule has 3 nitrogen and oxygen atoms in total. The number of halogens is 1. The molecular weight excluding hydrogens is 212 g/mol. The van der Waals surface area contributed by atoms with Crippen LogP contribution >= 0.6 is 11.6 Å². The molecule has 0 aromatic carbocycles. The van der Waals surface area contributed by atoms with Gasteiger partial charge in [0.05, 0.1) is 18.2 Å². The fourth-order valence-electron chi connectivity index (χ4n) is 1.96. The molecule has 0 radical (unpaired) electrons. The summed E-state index contributed by atoms with van der Waals surface area (Å²) in [7, 11) is 0. The molecule has 2 atom stereocenters. The van der Waals surface area contributed by atoms with Crippen molar-refractivity contribution < 1.29 is 4.74 Å². The summed E-state index contributed by atoms with van der Waals surface area (Å²) in [5.74, 6) is 0. The van der Waals surface area contributed by atoms with Crippen LogP contribution in [0.25, 0.3) is 0 Å². The zero-order valence-electron chi connectivity index (χ0n) is 9.19. The fraction of sp³-hybridized carbons (Fsp3) is 0.727. The van der Waals surface area contributed by atoms with E-state index in [9.17, 15) is 0 Å². The number of aromatic nitrogens is 2. The number of imidazole rings is 1. The van der Waals surface area contributed by atoms with Gasteiger partial charge in [-0.25, -0.2) is 4.98 Å². The van der Waals surface area contributed by atoms with Crippen LogP contribution in [0.4, 0.5) is 0 Å². The summed E-state index contributed by atoms with van der Waals surface area (Å²) in [6.07, 6.45) is 5.71. The summed E-state index contributed by atoms with van der Waals surface area (Å²) in [5.41, 5.74) is 1.15. The van der Waals surface area contributed by atoms with Gasteiger partial charge in [0, 0.05) is 18.0 Å². The molecule has 2 heterocycles. The van der Waals surface area contributed by atoms with Crippen molar-refractivity contribution in [1.82, 2.24) is 9.55 Å². The summed E-state index contributed by atoms with van der Waals surface area (Å²) >= 11 is 6.15. The van der Waals surface area contributed by atoms with Gasteiger partial charge in [-0.2, -0.15) is 0 Å². The van der Waals surface area contributed by atoms with Gasteiger partial charge in [0.25, 0.3) is 0 Å². The Morgan fingerprint density at radius 2 is 2.40 bits per heavy atom. The molecule has 1 saturated heterocycles. The van der Waals surface area contributed by atoms with Gasteiger partial charge in [-0.05, 0) is 26.7 Å². The normalized spacial score (nSPS) is 27.2. The van der Waals surface area contributed by atoms with Crippen LogP contribution in [-0.2, 0) is 4.74 Å². The third-order valence-electron chi connectivity index (χ3n) is 2.80. The Kier molecular flexibility index (Phi) is 3.32. The highest BCUT2D eigenvalue weighted by atomic mass is 35.5. The summed E-state index contributed by atoms with van der Waals surface area (Å²) in [6.45, 7) is 5.04. The molecule has 1 aliphatic rings. The molecule has 1 aliphatic heterocycles. The van der Waals surface area contributed by atoms with Crippen molar-refractivity contribution in [3.05, 3.63) is 18.2 Å². The summed E-state index contributed by atoms with van der Waals surface area (Å²) in [5, 5.41) is 0.235. The molecule has 15 heavy (non-hydrogen) atoms. The summed E-state index contributed by atoms with van der Waals surface area (Å²) in [4.78, 5) is 4.18. The molecule has 0 bridgehead atoms. The first-order chi connectivity index (χ1) is 7.18. The highest BCUT2D eigenvalue weighted by Gasteiger charge is 2.25. The monoisotopic (exact) mass is 228 g/mol. The minimum absolute atomic E-state index is 0.117. The first kappa shape index (κ1) is 11.0. The lowest BCUT2D eigenvalue weighted by molar-refractivity contribution is 0.0115. The van der Waals surface area contributed by atoms with E-state index in [1.165, 1.54) is 0 Å². The van der Waals surface area contributed by atoms with Gasteiger partial charge >= 0.3 is 0 Å². The predicted octanol–water partition coefficient (Wildman–Crippen LogP) is 2.92. The number of hydrogen-bond donors (Lipinski definition) is 0. The Morgan fingerprint density at radius 1 is 1.60 bits per heavy atom.